The van der Waals surface area contributed by atoms with E-state index in [1.165, 1.54) is 16.6 Å². The molecule has 0 saturated carbocycles. The second-order valence-electron chi connectivity index (χ2n) is 7.00. The summed E-state index contributed by atoms with van der Waals surface area (Å²) in [5.74, 6) is -0.443. The van der Waals surface area contributed by atoms with Crippen molar-refractivity contribution in [3.8, 4) is 0 Å². The highest BCUT2D eigenvalue weighted by molar-refractivity contribution is 7.89. The third kappa shape index (κ3) is 4.54. The first-order valence-electron chi connectivity index (χ1n) is 9.48. The highest BCUT2D eigenvalue weighted by Crippen LogP contribution is 2.24. The van der Waals surface area contributed by atoms with Crippen LogP contribution in [0.15, 0.2) is 47.5 Å². The number of benzene rings is 1. The molecule has 1 fully saturated rings. The average molecular weight is 401 g/mol. The number of aryl methyl sites for hydroxylation is 1. The quantitative estimate of drug-likeness (QED) is 0.665. The summed E-state index contributed by atoms with van der Waals surface area (Å²) in [4.78, 5) is 29.0. The van der Waals surface area contributed by atoms with E-state index < -0.39 is 10.0 Å². The molecule has 1 saturated heterocycles. The third-order valence-corrected chi connectivity index (χ3v) is 6.89. The first-order valence-corrected chi connectivity index (χ1v) is 10.9. The molecule has 1 aliphatic heterocycles. The van der Waals surface area contributed by atoms with Crippen LogP contribution in [0.2, 0.25) is 0 Å². The van der Waals surface area contributed by atoms with Gasteiger partial charge in [0.15, 0.2) is 11.6 Å². The molecule has 0 N–H and O–H groups in total. The number of rotatable bonds is 7. The molecule has 3 rings (SSSR count). The van der Waals surface area contributed by atoms with Crippen LogP contribution in [-0.4, -0.2) is 42.4 Å². The van der Waals surface area contributed by atoms with Gasteiger partial charge in [0.2, 0.25) is 10.0 Å². The minimum Gasteiger partial charge on any atom is -0.294 e. The number of Topliss-reactive ketones (excluding diaryl/α,β-unsaturated/α-hetero) is 2. The Balaban J connectivity index is 1.75. The van der Waals surface area contributed by atoms with Crippen LogP contribution in [0.5, 0.6) is 0 Å². The number of hydrogen-bond acceptors (Lipinski definition) is 5. The fourth-order valence-electron chi connectivity index (χ4n) is 3.33. The Morgan fingerprint density at radius 2 is 1.71 bits per heavy atom. The molecule has 0 atom stereocenters. The Hall–Kier alpha value is -2.38. The molecule has 0 aliphatic carbocycles. The van der Waals surface area contributed by atoms with Crippen molar-refractivity contribution < 1.29 is 18.0 Å². The normalized spacial score (nSPS) is 15.3. The number of pyridine rings is 1. The van der Waals surface area contributed by atoms with E-state index >= 15 is 0 Å². The van der Waals surface area contributed by atoms with Crippen LogP contribution in [0.25, 0.3) is 0 Å². The van der Waals surface area contributed by atoms with Gasteiger partial charge in [0.1, 0.15) is 5.69 Å². The number of piperidine rings is 1. The molecule has 148 valence electrons. The molecule has 7 heteroatoms. The van der Waals surface area contributed by atoms with Gasteiger partial charge < -0.3 is 0 Å². The van der Waals surface area contributed by atoms with E-state index in [0.717, 1.165) is 19.3 Å². The first kappa shape index (κ1) is 20.4. The van der Waals surface area contributed by atoms with Crippen molar-refractivity contribution in [2.75, 3.05) is 13.1 Å². The average Bonchev–Trinajstić information content (AvgIpc) is 2.73. The van der Waals surface area contributed by atoms with E-state index in [1.54, 1.807) is 37.3 Å². The van der Waals surface area contributed by atoms with E-state index in [9.17, 15) is 18.0 Å². The second-order valence-corrected chi connectivity index (χ2v) is 8.94. The lowest BCUT2D eigenvalue weighted by Crippen LogP contribution is -2.35. The maximum absolute atomic E-state index is 12.9. The van der Waals surface area contributed by atoms with E-state index in [1.807, 2.05) is 0 Å². The molecule has 2 heterocycles. The van der Waals surface area contributed by atoms with Crippen molar-refractivity contribution in [1.29, 1.82) is 0 Å². The van der Waals surface area contributed by atoms with Gasteiger partial charge in [-0.25, -0.2) is 8.42 Å². The summed E-state index contributed by atoms with van der Waals surface area (Å²) in [6.45, 7) is 2.79. The predicted molar refractivity (Wildman–Crippen MR) is 106 cm³/mol. The molecule has 1 aromatic heterocycles. The summed E-state index contributed by atoms with van der Waals surface area (Å²) < 4.78 is 27.2. The van der Waals surface area contributed by atoms with Crippen molar-refractivity contribution in [2.24, 2.45) is 0 Å². The summed E-state index contributed by atoms with van der Waals surface area (Å²) >= 11 is 0. The molecule has 0 bridgehead atoms. The fourth-order valence-corrected chi connectivity index (χ4v) is 4.88. The van der Waals surface area contributed by atoms with Crippen LogP contribution < -0.4 is 0 Å². The third-order valence-electron chi connectivity index (χ3n) is 4.99. The van der Waals surface area contributed by atoms with Gasteiger partial charge in [0, 0.05) is 37.7 Å². The van der Waals surface area contributed by atoms with Crippen molar-refractivity contribution >= 4 is 21.6 Å². The number of carbonyl (C=O) groups excluding carboxylic acids is 2. The molecular weight excluding hydrogens is 376 g/mol. The predicted octanol–water partition coefficient (Wildman–Crippen LogP) is 3.41. The topological polar surface area (TPSA) is 84.4 Å². The monoisotopic (exact) mass is 400 g/mol. The van der Waals surface area contributed by atoms with Crippen molar-refractivity contribution in [3.05, 3.63) is 59.4 Å². The van der Waals surface area contributed by atoms with Crippen LogP contribution >= 0.6 is 0 Å². The molecule has 6 nitrogen and oxygen atoms in total. The second kappa shape index (κ2) is 8.75. The van der Waals surface area contributed by atoms with E-state index in [-0.39, 0.29) is 29.3 Å². The van der Waals surface area contributed by atoms with E-state index in [0.29, 0.717) is 29.9 Å². The van der Waals surface area contributed by atoms with Crippen LogP contribution in [-0.2, 0) is 10.0 Å². The van der Waals surface area contributed by atoms with Crippen LogP contribution in [0, 0.1) is 6.92 Å². The lowest BCUT2D eigenvalue weighted by molar-refractivity contribution is 0.0914. The smallest absolute Gasteiger partial charge is 0.243 e. The van der Waals surface area contributed by atoms with Gasteiger partial charge in [-0.15, -0.1) is 0 Å². The van der Waals surface area contributed by atoms with Crippen LogP contribution in [0.4, 0.5) is 0 Å². The van der Waals surface area contributed by atoms with Crippen LogP contribution in [0.3, 0.4) is 0 Å². The Kier molecular flexibility index (Phi) is 6.36. The van der Waals surface area contributed by atoms with Gasteiger partial charge in [-0.1, -0.05) is 18.6 Å². The summed E-state index contributed by atoms with van der Waals surface area (Å²) in [6.07, 6.45) is 4.34. The van der Waals surface area contributed by atoms with Gasteiger partial charge in [-0.3, -0.25) is 14.6 Å². The molecule has 28 heavy (non-hydrogen) atoms. The van der Waals surface area contributed by atoms with Crippen molar-refractivity contribution in [3.63, 3.8) is 0 Å². The molecule has 1 aliphatic rings. The summed E-state index contributed by atoms with van der Waals surface area (Å²) in [6, 6.07) is 9.72. The highest BCUT2D eigenvalue weighted by atomic mass is 32.2. The zero-order valence-electron chi connectivity index (χ0n) is 15.9. The van der Waals surface area contributed by atoms with Crippen molar-refractivity contribution in [1.82, 2.24) is 9.29 Å². The number of ketones is 2. The van der Waals surface area contributed by atoms with Gasteiger partial charge in [0.25, 0.3) is 0 Å². The standard InChI is InChI=1S/C21H24N2O4S/c1-16-8-9-17(28(26,27)23-13-5-2-6-14-23)15-18(16)20(24)10-11-21(25)19-7-3-4-12-22-19/h3-4,7-9,12,15H,2,5-6,10-11,13-14H2,1H3. The molecule has 1 aromatic carbocycles. The van der Waals surface area contributed by atoms with Crippen molar-refractivity contribution in [2.45, 2.75) is 43.9 Å². The molecule has 0 radical (unpaired) electrons. The number of aromatic nitrogens is 1. The van der Waals surface area contributed by atoms with Crippen LogP contribution in [0.1, 0.15) is 58.5 Å². The summed E-state index contributed by atoms with van der Waals surface area (Å²) in [5, 5.41) is 0. The van der Waals surface area contributed by atoms with Gasteiger partial charge in [0.05, 0.1) is 4.90 Å². The summed E-state index contributed by atoms with van der Waals surface area (Å²) in [7, 11) is -3.60. The number of carbonyl (C=O) groups is 2. The zero-order chi connectivity index (χ0) is 20.1. The molecule has 0 amide bonds. The van der Waals surface area contributed by atoms with E-state index in [4.69, 9.17) is 0 Å². The molecule has 0 spiro atoms. The molecule has 2 aromatic rings. The largest absolute Gasteiger partial charge is 0.294 e. The highest BCUT2D eigenvalue weighted by Gasteiger charge is 2.27. The number of sulfonamides is 1. The SMILES string of the molecule is Cc1ccc(S(=O)(=O)N2CCCCC2)cc1C(=O)CCC(=O)c1ccccn1. The zero-order valence-corrected chi connectivity index (χ0v) is 16.7. The maximum atomic E-state index is 12.9. The first-order chi connectivity index (χ1) is 13.4. The molecular formula is C21H24N2O4S. The minimum atomic E-state index is -3.60. The Morgan fingerprint density at radius 1 is 1.00 bits per heavy atom. The van der Waals surface area contributed by atoms with E-state index in [2.05, 4.69) is 4.98 Å². The maximum Gasteiger partial charge on any atom is 0.243 e. The van der Waals surface area contributed by atoms with Gasteiger partial charge >= 0.3 is 0 Å². The Bertz CT molecular complexity index is 965. The Morgan fingerprint density at radius 3 is 2.39 bits per heavy atom. The lowest BCUT2D eigenvalue weighted by Gasteiger charge is -2.26. The fraction of sp³-hybridized carbons (Fsp3) is 0.381. The number of hydrogen-bond donors (Lipinski definition) is 0. The lowest BCUT2D eigenvalue weighted by atomic mass is 10.00. The minimum absolute atomic E-state index is 0.0173. The Labute approximate surface area is 165 Å². The summed E-state index contributed by atoms with van der Waals surface area (Å²) in [5.41, 5.74) is 1.38. The van der Waals surface area contributed by atoms with Gasteiger partial charge in [-0.05, 0) is 49.6 Å². The van der Waals surface area contributed by atoms with Gasteiger partial charge in [-0.2, -0.15) is 4.31 Å². The number of nitrogens with zero attached hydrogens (tertiary/aromatic N) is 2. The molecule has 0 unspecified atom stereocenters.